The molecule has 0 spiro atoms. The highest BCUT2D eigenvalue weighted by molar-refractivity contribution is 5.86. The van der Waals surface area contributed by atoms with Crippen molar-refractivity contribution < 1.29 is 5.32 Å². The lowest BCUT2D eigenvalue weighted by Gasteiger charge is -2.27. The van der Waals surface area contributed by atoms with Gasteiger partial charge in [0.15, 0.2) is 0 Å². The van der Waals surface area contributed by atoms with Gasteiger partial charge >= 0.3 is 0 Å². The van der Waals surface area contributed by atoms with E-state index in [1.807, 2.05) is 0 Å². The molecule has 2 heterocycles. The van der Waals surface area contributed by atoms with Crippen molar-refractivity contribution in [2.45, 2.75) is 38.8 Å². The van der Waals surface area contributed by atoms with Crippen LogP contribution in [0, 0.1) is 6.92 Å². The molecule has 0 bridgehead atoms. The average Bonchev–Trinajstić information content (AvgIpc) is 2.67. The molecule has 1 aromatic carbocycles. The first-order chi connectivity index (χ1) is 8.34. The fourth-order valence-corrected chi connectivity index (χ4v) is 3.75. The third-order valence-electron chi connectivity index (χ3n) is 4.46. The number of quaternary nitrogens is 1. The smallest absolute Gasteiger partial charge is 0.127 e. The molecule has 1 aliphatic heterocycles. The van der Waals surface area contributed by atoms with E-state index >= 15 is 0 Å². The van der Waals surface area contributed by atoms with Crippen LogP contribution in [0.5, 0.6) is 0 Å². The lowest BCUT2D eigenvalue weighted by Crippen LogP contribution is -2.88. The maximum absolute atomic E-state index is 2.59. The third kappa shape index (κ3) is 1.25. The van der Waals surface area contributed by atoms with Crippen LogP contribution >= 0.6 is 0 Å². The summed E-state index contributed by atoms with van der Waals surface area (Å²) < 4.78 is 2.59. The molecule has 2 aromatic rings. The van der Waals surface area contributed by atoms with Crippen LogP contribution in [-0.2, 0) is 13.0 Å². The van der Waals surface area contributed by atoms with Gasteiger partial charge in [0.25, 0.3) is 0 Å². The molecule has 2 aliphatic rings. The van der Waals surface area contributed by atoms with Crippen LogP contribution in [-0.4, -0.2) is 11.1 Å². The molecular weight excluding hydrogens is 208 g/mol. The van der Waals surface area contributed by atoms with Crippen molar-refractivity contribution in [2.75, 3.05) is 6.54 Å². The zero-order chi connectivity index (χ0) is 11.4. The van der Waals surface area contributed by atoms with Crippen molar-refractivity contribution in [2.24, 2.45) is 0 Å². The topological polar surface area (TPSA) is 21.5 Å². The maximum atomic E-state index is 2.59. The number of benzene rings is 1. The Balaban J connectivity index is 2.11. The van der Waals surface area contributed by atoms with Crippen LogP contribution in [0.15, 0.2) is 18.2 Å². The molecule has 0 radical (unpaired) electrons. The average molecular weight is 227 g/mol. The number of rotatable bonds is 0. The first-order valence-electron chi connectivity index (χ1n) is 6.79. The summed E-state index contributed by atoms with van der Waals surface area (Å²) in [6.07, 6.45) is 4.01. The molecular formula is C15H19N2+. The normalized spacial score (nSPS) is 22.8. The molecule has 2 N–H and O–H groups in total. The Labute approximate surface area is 102 Å². The predicted octanol–water partition coefficient (Wildman–Crippen LogP) is 1.90. The van der Waals surface area contributed by atoms with E-state index in [4.69, 9.17) is 0 Å². The van der Waals surface area contributed by atoms with E-state index in [0.717, 1.165) is 6.04 Å². The zero-order valence-electron chi connectivity index (χ0n) is 10.4. The fraction of sp³-hybridized carbons (Fsp3) is 0.467. The van der Waals surface area contributed by atoms with Gasteiger partial charge in [0.2, 0.25) is 0 Å². The highest BCUT2D eigenvalue weighted by Crippen LogP contribution is 2.37. The first kappa shape index (κ1) is 9.72. The van der Waals surface area contributed by atoms with Crippen LogP contribution in [0.2, 0.25) is 0 Å². The van der Waals surface area contributed by atoms with E-state index in [2.05, 4.69) is 35.0 Å². The second-order valence-electron chi connectivity index (χ2n) is 5.56. The van der Waals surface area contributed by atoms with Gasteiger partial charge in [-0.25, -0.2) is 0 Å². The second kappa shape index (κ2) is 3.36. The lowest BCUT2D eigenvalue weighted by molar-refractivity contribution is -0.704. The van der Waals surface area contributed by atoms with Gasteiger partial charge in [0.05, 0.1) is 18.8 Å². The largest absolute Gasteiger partial charge is 0.337 e. The van der Waals surface area contributed by atoms with E-state index in [0.29, 0.717) is 0 Å². The van der Waals surface area contributed by atoms with Gasteiger partial charge in [-0.05, 0) is 37.5 Å². The van der Waals surface area contributed by atoms with E-state index in [-0.39, 0.29) is 0 Å². The summed E-state index contributed by atoms with van der Waals surface area (Å²) >= 11 is 0. The van der Waals surface area contributed by atoms with Gasteiger partial charge in [0.1, 0.15) is 6.04 Å². The van der Waals surface area contributed by atoms with Crippen molar-refractivity contribution in [1.82, 2.24) is 4.57 Å². The highest BCUT2D eigenvalue weighted by Gasteiger charge is 2.32. The van der Waals surface area contributed by atoms with Crippen LogP contribution < -0.4 is 5.32 Å². The van der Waals surface area contributed by atoms with Crippen molar-refractivity contribution >= 4 is 10.9 Å². The summed E-state index contributed by atoms with van der Waals surface area (Å²) in [6, 6.07) is 7.70. The van der Waals surface area contributed by atoms with Crippen molar-refractivity contribution in [3.05, 3.63) is 35.0 Å². The SMILES string of the molecule is Cc1ccc2c(c1)c1c3n2CC[NH2+][C@@H]3CCC1. The molecule has 0 amide bonds. The molecule has 2 heteroatoms. The van der Waals surface area contributed by atoms with Crippen LogP contribution in [0.25, 0.3) is 10.9 Å². The van der Waals surface area contributed by atoms with E-state index < -0.39 is 0 Å². The molecule has 0 saturated heterocycles. The third-order valence-corrected chi connectivity index (χ3v) is 4.46. The Morgan fingerprint density at radius 3 is 3.24 bits per heavy atom. The monoisotopic (exact) mass is 227 g/mol. The molecule has 0 saturated carbocycles. The molecule has 88 valence electrons. The summed E-state index contributed by atoms with van der Waals surface area (Å²) in [7, 11) is 0. The minimum atomic E-state index is 0.736. The Hall–Kier alpha value is -1.28. The number of hydrogen-bond donors (Lipinski definition) is 1. The lowest BCUT2D eigenvalue weighted by atomic mass is 9.90. The predicted molar refractivity (Wildman–Crippen MR) is 69.1 cm³/mol. The Morgan fingerprint density at radius 2 is 2.29 bits per heavy atom. The van der Waals surface area contributed by atoms with Gasteiger partial charge in [-0.1, -0.05) is 11.6 Å². The second-order valence-corrected chi connectivity index (χ2v) is 5.56. The standard InChI is InChI=1S/C15H18N2/c1-10-5-6-14-12(9-10)11-3-2-4-13-15(11)17(14)8-7-16-13/h5-6,9,13,16H,2-4,7-8H2,1H3/p+1/t13-/m1/s1. The van der Waals surface area contributed by atoms with Crippen LogP contribution in [0.1, 0.15) is 35.7 Å². The molecule has 4 rings (SSSR count). The van der Waals surface area contributed by atoms with E-state index in [9.17, 15) is 0 Å². The summed E-state index contributed by atoms with van der Waals surface area (Å²) in [4.78, 5) is 0. The zero-order valence-corrected chi connectivity index (χ0v) is 10.4. The number of aromatic nitrogens is 1. The minimum absolute atomic E-state index is 0.736. The van der Waals surface area contributed by atoms with E-state index in [1.54, 1.807) is 11.3 Å². The molecule has 1 aromatic heterocycles. The van der Waals surface area contributed by atoms with Gasteiger partial charge < -0.3 is 9.88 Å². The van der Waals surface area contributed by atoms with Crippen molar-refractivity contribution in [1.29, 1.82) is 0 Å². The van der Waals surface area contributed by atoms with Crippen LogP contribution in [0.4, 0.5) is 0 Å². The maximum Gasteiger partial charge on any atom is 0.127 e. The fourth-order valence-electron chi connectivity index (χ4n) is 3.75. The van der Waals surface area contributed by atoms with Gasteiger partial charge in [0, 0.05) is 17.3 Å². The Bertz CT molecular complexity index is 592. The number of hydrogen-bond acceptors (Lipinski definition) is 0. The van der Waals surface area contributed by atoms with Gasteiger partial charge in [-0.2, -0.15) is 0 Å². The number of nitrogens with two attached hydrogens (primary N) is 1. The van der Waals surface area contributed by atoms with Crippen LogP contribution in [0.3, 0.4) is 0 Å². The minimum Gasteiger partial charge on any atom is -0.337 e. The Morgan fingerprint density at radius 1 is 1.35 bits per heavy atom. The summed E-state index contributed by atoms with van der Waals surface area (Å²) in [5.74, 6) is 0. The van der Waals surface area contributed by atoms with Crippen molar-refractivity contribution in [3.8, 4) is 0 Å². The van der Waals surface area contributed by atoms with Gasteiger partial charge in [-0.15, -0.1) is 0 Å². The molecule has 17 heavy (non-hydrogen) atoms. The summed E-state index contributed by atoms with van der Waals surface area (Å²) in [6.45, 7) is 4.63. The van der Waals surface area contributed by atoms with E-state index in [1.165, 1.54) is 48.8 Å². The summed E-state index contributed by atoms with van der Waals surface area (Å²) in [5.41, 5.74) is 6.16. The number of fused-ring (bicyclic) bond motifs is 3. The Kier molecular flexibility index (Phi) is 1.92. The quantitative estimate of drug-likeness (QED) is 0.710. The first-order valence-corrected chi connectivity index (χ1v) is 6.79. The highest BCUT2D eigenvalue weighted by atomic mass is 15.1. The molecule has 0 fully saturated rings. The molecule has 1 aliphatic carbocycles. The molecule has 0 unspecified atom stereocenters. The number of nitrogens with zero attached hydrogens (tertiary/aromatic N) is 1. The number of aryl methyl sites for hydroxylation is 2. The molecule has 1 atom stereocenters. The molecule has 2 nitrogen and oxygen atoms in total. The summed E-state index contributed by atoms with van der Waals surface area (Å²) in [5, 5.41) is 4.07. The van der Waals surface area contributed by atoms with Gasteiger partial charge in [-0.3, -0.25) is 0 Å². The van der Waals surface area contributed by atoms with Crippen molar-refractivity contribution in [3.63, 3.8) is 0 Å².